The van der Waals surface area contributed by atoms with Crippen molar-refractivity contribution in [3.63, 3.8) is 0 Å². The lowest BCUT2D eigenvalue weighted by Crippen LogP contribution is -2.30. The summed E-state index contributed by atoms with van der Waals surface area (Å²) in [6.07, 6.45) is 0.364. The maximum Gasteiger partial charge on any atom is 0.305 e. The summed E-state index contributed by atoms with van der Waals surface area (Å²) in [5.41, 5.74) is 0.888. The third kappa shape index (κ3) is 4.49. The molecule has 7 heteroatoms. The highest BCUT2D eigenvalue weighted by molar-refractivity contribution is 5.77. The first-order valence-electron chi connectivity index (χ1n) is 6.33. The van der Waals surface area contributed by atoms with Crippen LogP contribution in [0.15, 0.2) is 4.79 Å². The molecule has 0 spiro atoms. The first-order valence-corrected chi connectivity index (χ1v) is 6.33. The zero-order chi connectivity index (χ0) is 15.3. The van der Waals surface area contributed by atoms with Crippen molar-refractivity contribution >= 4 is 11.9 Å². The van der Waals surface area contributed by atoms with Crippen molar-refractivity contribution in [1.82, 2.24) is 14.9 Å². The normalized spacial score (nSPS) is 10.3. The minimum atomic E-state index is -0.945. The van der Waals surface area contributed by atoms with Crippen molar-refractivity contribution in [1.29, 1.82) is 0 Å². The third-order valence-electron chi connectivity index (χ3n) is 3.02. The summed E-state index contributed by atoms with van der Waals surface area (Å²) < 4.78 is 0. The van der Waals surface area contributed by atoms with Gasteiger partial charge < -0.3 is 15.0 Å². The van der Waals surface area contributed by atoms with Crippen LogP contribution in [-0.4, -0.2) is 45.4 Å². The summed E-state index contributed by atoms with van der Waals surface area (Å²) in [4.78, 5) is 42.1. The highest BCUT2D eigenvalue weighted by atomic mass is 16.4. The summed E-state index contributed by atoms with van der Waals surface area (Å²) in [7, 11) is 1.55. The molecule has 1 heterocycles. The van der Waals surface area contributed by atoms with Gasteiger partial charge in [-0.15, -0.1) is 0 Å². The van der Waals surface area contributed by atoms with Crippen LogP contribution < -0.4 is 5.56 Å². The van der Waals surface area contributed by atoms with E-state index in [-0.39, 0.29) is 30.9 Å². The zero-order valence-electron chi connectivity index (χ0n) is 11.9. The smallest absolute Gasteiger partial charge is 0.305 e. The molecule has 0 saturated heterocycles. The quantitative estimate of drug-likeness (QED) is 0.778. The number of aromatic nitrogens is 2. The number of H-pyrrole nitrogens is 1. The fraction of sp³-hybridized carbons (Fsp3) is 0.538. The van der Waals surface area contributed by atoms with Gasteiger partial charge in [0, 0.05) is 31.3 Å². The van der Waals surface area contributed by atoms with Crippen molar-refractivity contribution in [2.24, 2.45) is 0 Å². The Labute approximate surface area is 116 Å². The number of hydrogen-bond donors (Lipinski definition) is 2. The molecule has 0 radical (unpaired) electrons. The van der Waals surface area contributed by atoms with Crippen LogP contribution in [0.5, 0.6) is 0 Å². The molecule has 1 amide bonds. The first kappa shape index (κ1) is 15.9. The second-order valence-corrected chi connectivity index (χ2v) is 4.67. The molecule has 20 heavy (non-hydrogen) atoms. The molecule has 0 atom stereocenters. The largest absolute Gasteiger partial charge is 0.481 e. The van der Waals surface area contributed by atoms with Gasteiger partial charge in [-0.1, -0.05) is 0 Å². The molecule has 0 saturated carbocycles. The number of aryl methyl sites for hydroxylation is 2. The number of carboxylic acid groups (broad SMARTS) is 1. The van der Waals surface area contributed by atoms with E-state index in [9.17, 15) is 14.4 Å². The Bertz CT molecular complexity index is 565. The van der Waals surface area contributed by atoms with Gasteiger partial charge in [0.15, 0.2) is 0 Å². The second kappa shape index (κ2) is 6.83. The van der Waals surface area contributed by atoms with Crippen LogP contribution in [0, 0.1) is 13.8 Å². The predicted molar refractivity (Wildman–Crippen MR) is 72.5 cm³/mol. The maximum absolute atomic E-state index is 11.8. The number of carboxylic acids is 1. The number of carbonyl (C=O) groups is 2. The number of aromatic amines is 1. The van der Waals surface area contributed by atoms with Crippen molar-refractivity contribution in [3.05, 3.63) is 27.4 Å². The van der Waals surface area contributed by atoms with Crippen LogP contribution in [-0.2, 0) is 16.0 Å². The van der Waals surface area contributed by atoms with E-state index in [1.165, 1.54) is 4.90 Å². The second-order valence-electron chi connectivity index (χ2n) is 4.67. The lowest BCUT2D eigenvalue weighted by Gasteiger charge is -2.16. The van der Waals surface area contributed by atoms with E-state index in [0.29, 0.717) is 23.5 Å². The Morgan fingerprint density at radius 3 is 2.50 bits per heavy atom. The Morgan fingerprint density at radius 2 is 1.95 bits per heavy atom. The lowest BCUT2D eigenvalue weighted by atomic mass is 10.1. The summed E-state index contributed by atoms with van der Waals surface area (Å²) in [6, 6.07) is 0. The van der Waals surface area contributed by atoms with E-state index >= 15 is 0 Å². The van der Waals surface area contributed by atoms with Gasteiger partial charge in [0.2, 0.25) is 5.91 Å². The third-order valence-corrected chi connectivity index (χ3v) is 3.02. The Morgan fingerprint density at radius 1 is 1.30 bits per heavy atom. The number of hydrogen-bond acceptors (Lipinski definition) is 4. The molecule has 1 rings (SSSR count). The average molecular weight is 281 g/mol. The van der Waals surface area contributed by atoms with Gasteiger partial charge in [-0.25, -0.2) is 4.98 Å². The topological polar surface area (TPSA) is 103 Å². The lowest BCUT2D eigenvalue weighted by molar-refractivity contribution is -0.138. The molecule has 0 aliphatic heterocycles. The van der Waals surface area contributed by atoms with Gasteiger partial charge in [0.1, 0.15) is 5.82 Å². The minimum Gasteiger partial charge on any atom is -0.481 e. The summed E-state index contributed by atoms with van der Waals surface area (Å²) in [5.74, 6) is -0.591. The fourth-order valence-corrected chi connectivity index (χ4v) is 1.86. The minimum absolute atomic E-state index is 0.0893. The SMILES string of the molecule is Cc1nc(C)c(CCC(=O)N(C)CCC(=O)O)c(=O)[nH]1. The molecular formula is C13H19N3O4. The summed E-state index contributed by atoms with van der Waals surface area (Å²) in [5, 5.41) is 8.56. The van der Waals surface area contributed by atoms with Crippen molar-refractivity contribution < 1.29 is 14.7 Å². The number of amides is 1. The van der Waals surface area contributed by atoms with Crippen molar-refractivity contribution in [3.8, 4) is 0 Å². The fourth-order valence-electron chi connectivity index (χ4n) is 1.86. The number of carbonyl (C=O) groups excluding carboxylic acids is 1. The van der Waals surface area contributed by atoms with Gasteiger partial charge in [-0.05, 0) is 20.3 Å². The van der Waals surface area contributed by atoms with Gasteiger partial charge in [-0.3, -0.25) is 14.4 Å². The molecule has 0 bridgehead atoms. The van der Waals surface area contributed by atoms with Crippen molar-refractivity contribution in [2.75, 3.05) is 13.6 Å². The van der Waals surface area contributed by atoms with E-state index in [0.717, 1.165) is 0 Å². The standard InChI is InChI=1S/C13H19N3O4/c1-8-10(13(20)15-9(2)14-8)4-5-11(17)16(3)7-6-12(18)19/h4-7H2,1-3H3,(H,18,19)(H,14,15,20). The molecule has 0 aliphatic rings. The van der Waals surface area contributed by atoms with Crippen LogP contribution in [0.2, 0.25) is 0 Å². The molecule has 1 aromatic rings. The van der Waals surface area contributed by atoms with E-state index in [2.05, 4.69) is 9.97 Å². The molecule has 0 aromatic carbocycles. The zero-order valence-corrected chi connectivity index (χ0v) is 11.9. The van der Waals surface area contributed by atoms with E-state index in [1.54, 1.807) is 20.9 Å². The number of rotatable bonds is 6. The van der Waals surface area contributed by atoms with Crippen LogP contribution >= 0.6 is 0 Å². The van der Waals surface area contributed by atoms with E-state index in [1.807, 2.05) is 0 Å². The van der Waals surface area contributed by atoms with Crippen LogP contribution in [0.25, 0.3) is 0 Å². The highest BCUT2D eigenvalue weighted by Gasteiger charge is 2.13. The van der Waals surface area contributed by atoms with Crippen LogP contribution in [0.1, 0.15) is 29.9 Å². The number of nitrogens with zero attached hydrogens (tertiary/aromatic N) is 2. The monoisotopic (exact) mass is 281 g/mol. The summed E-state index contributed by atoms with van der Waals surface area (Å²) >= 11 is 0. The first-order chi connectivity index (χ1) is 9.31. The van der Waals surface area contributed by atoms with Gasteiger partial charge in [0.05, 0.1) is 6.42 Å². The molecule has 7 nitrogen and oxygen atoms in total. The van der Waals surface area contributed by atoms with E-state index < -0.39 is 5.97 Å². The Hall–Kier alpha value is -2.18. The Balaban J connectivity index is 2.61. The molecule has 110 valence electrons. The summed E-state index contributed by atoms with van der Waals surface area (Å²) in [6.45, 7) is 3.59. The number of aliphatic carboxylic acids is 1. The molecule has 0 unspecified atom stereocenters. The van der Waals surface area contributed by atoms with E-state index in [4.69, 9.17) is 5.11 Å². The Kier molecular flexibility index (Phi) is 5.42. The van der Waals surface area contributed by atoms with Crippen LogP contribution in [0.3, 0.4) is 0 Å². The molecule has 0 fully saturated rings. The average Bonchev–Trinajstić information content (AvgIpc) is 2.34. The molecule has 0 aliphatic carbocycles. The van der Waals surface area contributed by atoms with Crippen molar-refractivity contribution in [2.45, 2.75) is 33.1 Å². The van der Waals surface area contributed by atoms with Crippen LogP contribution in [0.4, 0.5) is 0 Å². The van der Waals surface area contributed by atoms with Gasteiger partial charge in [-0.2, -0.15) is 0 Å². The van der Waals surface area contributed by atoms with Gasteiger partial charge in [0.25, 0.3) is 5.56 Å². The predicted octanol–water partition coefficient (Wildman–Crippen LogP) is 0.252. The molecule has 2 N–H and O–H groups in total. The highest BCUT2D eigenvalue weighted by Crippen LogP contribution is 2.04. The maximum atomic E-state index is 11.8. The molecular weight excluding hydrogens is 262 g/mol. The molecule has 1 aromatic heterocycles. The van der Waals surface area contributed by atoms with Gasteiger partial charge >= 0.3 is 5.97 Å². The number of nitrogens with one attached hydrogen (secondary N) is 1.